The summed E-state index contributed by atoms with van der Waals surface area (Å²) < 4.78 is 57.7. The average molecular weight is 714 g/mol. The molecule has 52 heavy (non-hydrogen) atoms. The van der Waals surface area contributed by atoms with E-state index in [0.717, 1.165) is 6.07 Å². The van der Waals surface area contributed by atoms with Crippen molar-refractivity contribution in [3.05, 3.63) is 113 Å². The van der Waals surface area contributed by atoms with Gasteiger partial charge in [0.1, 0.15) is 43.4 Å². The number of hydrogen-bond acceptors (Lipinski definition) is 9. The number of halogens is 2. The number of nitriles is 1. The summed E-state index contributed by atoms with van der Waals surface area (Å²) >= 11 is 0. The third-order valence-electron chi connectivity index (χ3n) is 8.45. The first-order valence-electron chi connectivity index (χ1n) is 16.4. The zero-order valence-corrected chi connectivity index (χ0v) is 29.5. The van der Waals surface area contributed by atoms with Gasteiger partial charge < -0.3 is 28.3 Å². The van der Waals surface area contributed by atoms with Gasteiger partial charge in [-0.05, 0) is 61.9 Å². The summed E-state index contributed by atoms with van der Waals surface area (Å²) in [4.78, 5) is 34.9. The van der Waals surface area contributed by atoms with Crippen molar-refractivity contribution in [2.45, 2.75) is 51.5 Å². The van der Waals surface area contributed by atoms with E-state index in [0.29, 0.717) is 46.7 Å². The third kappa shape index (κ3) is 8.95. The fourth-order valence-corrected chi connectivity index (χ4v) is 5.48. The Labute approximate surface area is 299 Å². The van der Waals surface area contributed by atoms with E-state index in [1.807, 2.05) is 19.9 Å². The largest absolute Gasteiger partial charge is 0.473 e. The van der Waals surface area contributed by atoms with Gasteiger partial charge in [-0.15, -0.1) is 0 Å². The fraction of sp³-hybridized carbons (Fsp3) is 0.308. The summed E-state index contributed by atoms with van der Waals surface area (Å²) in [6.07, 6.45) is -0.414. The van der Waals surface area contributed by atoms with Crippen LogP contribution in [0.5, 0.6) is 5.88 Å². The number of carbonyl (C=O) groups excluding carboxylic acids is 2. The Hall–Kier alpha value is -5.71. The van der Waals surface area contributed by atoms with E-state index in [1.54, 1.807) is 60.2 Å². The van der Waals surface area contributed by atoms with Crippen LogP contribution in [0.3, 0.4) is 0 Å². The van der Waals surface area contributed by atoms with Crippen molar-refractivity contribution in [3.63, 3.8) is 0 Å². The number of methoxy groups -OCH3 is 2. The van der Waals surface area contributed by atoms with Gasteiger partial charge in [-0.25, -0.2) is 28.3 Å². The lowest BCUT2D eigenvalue weighted by atomic mass is 10.1. The highest BCUT2D eigenvalue weighted by Crippen LogP contribution is 2.27. The van der Waals surface area contributed by atoms with E-state index in [1.165, 1.54) is 32.4 Å². The molecule has 0 saturated heterocycles. The van der Waals surface area contributed by atoms with Crippen molar-refractivity contribution >= 4 is 23.0 Å². The lowest BCUT2D eigenvalue weighted by Gasteiger charge is -2.23. The predicted molar refractivity (Wildman–Crippen MR) is 188 cm³/mol. The van der Waals surface area contributed by atoms with Gasteiger partial charge in [0.25, 0.3) is 0 Å². The van der Waals surface area contributed by atoms with Crippen molar-refractivity contribution < 1.29 is 42.1 Å². The molecule has 5 rings (SSSR count). The Kier molecular flexibility index (Phi) is 11.9. The van der Waals surface area contributed by atoms with Crippen LogP contribution in [0, 0.1) is 23.0 Å². The fourth-order valence-electron chi connectivity index (χ4n) is 5.48. The molecule has 0 radical (unpaired) electrons. The van der Waals surface area contributed by atoms with Crippen LogP contribution in [-0.2, 0) is 38.6 Å². The van der Waals surface area contributed by atoms with Crippen molar-refractivity contribution in [2.75, 3.05) is 27.9 Å². The number of rotatable bonds is 15. The van der Waals surface area contributed by atoms with Crippen LogP contribution in [0.2, 0.25) is 0 Å². The quantitative estimate of drug-likeness (QED) is 0.0932. The molecular formula is C39H39F2N4O7+. The molecule has 0 aliphatic heterocycles. The lowest BCUT2D eigenvalue weighted by molar-refractivity contribution is -0.153. The van der Waals surface area contributed by atoms with Gasteiger partial charge in [0.05, 0.1) is 54.0 Å². The monoisotopic (exact) mass is 713 g/mol. The molecule has 11 nitrogen and oxygen atoms in total. The molecule has 2 heterocycles. The maximum absolute atomic E-state index is 15.8. The first-order chi connectivity index (χ1) is 24.9. The van der Waals surface area contributed by atoms with E-state index in [2.05, 4.69) is 9.72 Å². The van der Waals surface area contributed by atoms with Crippen molar-refractivity contribution in [2.24, 2.45) is 0 Å². The second kappa shape index (κ2) is 16.5. The maximum atomic E-state index is 15.8. The Morgan fingerprint density at radius 1 is 0.981 bits per heavy atom. The van der Waals surface area contributed by atoms with Crippen LogP contribution in [-0.4, -0.2) is 70.9 Å². The second-order valence-corrected chi connectivity index (χ2v) is 12.6. The summed E-state index contributed by atoms with van der Waals surface area (Å²) in [5.41, 5.74) is 2.28. The third-order valence-corrected chi connectivity index (χ3v) is 8.45. The number of pyridine rings is 1. The van der Waals surface area contributed by atoms with Crippen LogP contribution >= 0.6 is 0 Å². The molecule has 13 heteroatoms. The molecule has 0 aliphatic carbocycles. The molecule has 1 N–H and O–H groups in total. The Morgan fingerprint density at radius 2 is 1.75 bits per heavy atom. The number of benzene rings is 3. The maximum Gasteiger partial charge on any atom is 0.338 e. The van der Waals surface area contributed by atoms with E-state index in [9.17, 15) is 14.0 Å². The number of aliphatic hydroxyl groups is 2. The average Bonchev–Trinajstić information content (AvgIpc) is 3.48. The minimum atomic E-state index is -1.00. The van der Waals surface area contributed by atoms with Gasteiger partial charge in [0.2, 0.25) is 5.88 Å². The highest BCUT2D eigenvalue weighted by Gasteiger charge is 2.27. The Balaban J connectivity index is 1.41. The second-order valence-electron chi connectivity index (χ2n) is 12.6. The minimum Gasteiger partial charge on any atom is -0.473 e. The number of carbonyl (C=O) groups is 2. The summed E-state index contributed by atoms with van der Waals surface area (Å²) in [5.74, 6) is -1.59. The number of fused-ring (bicyclic) bond motifs is 1. The zero-order valence-electron chi connectivity index (χ0n) is 29.5. The van der Waals surface area contributed by atoms with Crippen molar-refractivity contribution in [1.29, 1.82) is 5.26 Å². The normalized spacial score (nSPS) is 12.0. The molecule has 3 aromatic carbocycles. The zero-order chi connectivity index (χ0) is 37.4. The van der Waals surface area contributed by atoms with E-state index < -0.39 is 35.3 Å². The van der Waals surface area contributed by atoms with Gasteiger partial charge in [0.15, 0.2) is 6.10 Å². The summed E-state index contributed by atoms with van der Waals surface area (Å²) in [6, 6.07) is 20.6. The van der Waals surface area contributed by atoms with Crippen LogP contribution in [0.4, 0.5) is 8.78 Å². The molecule has 1 unspecified atom stereocenters. The number of aromatic nitrogens is 3. The topological polar surface area (TPSA) is 138 Å². The van der Waals surface area contributed by atoms with Gasteiger partial charge in [-0.1, -0.05) is 24.3 Å². The van der Waals surface area contributed by atoms with Crippen molar-refractivity contribution in [3.8, 4) is 23.2 Å². The molecular weight excluding hydrogens is 674 g/mol. The first kappa shape index (κ1) is 37.5. The van der Waals surface area contributed by atoms with E-state index in [4.69, 9.17) is 29.2 Å². The number of imidazole rings is 1. The molecule has 0 spiro atoms. The van der Waals surface area contributed by atoms with Gasteiger partial charge in [-0.3, -0.25) is 0 Å². The SMILES string of the molecule is COC(=O)C(Cn1c(Cc2ccc(-c3cccc(OCc4ccc(C#N)cc4F)n3)cc2F)nc2ccc(C(=O)OC(C)(C)CC[OH+]C)cc21)OC. The molecule has 270 valence electrons. The molecule has 0 saturated carbocycles. The predicted octanol–water partition coefficient (Wildman–Crippen LogP) is 6.09. The number of ether oxygens (including phenoxy) is 5. The number of esters is 2. The number of hydrogen-bond donors (Lipinski definition) is 0. The van der Waals surface area contributed by atoms with E-state index >= 15 is 4.39 Å². The number of nitrogens with zero attached hydrogens (tertiary/aromatic N) is 4. The van der Waals surface area contributed by atoms with Gasteiger partial charge in [0, 0.05) is 30.7 Å². The van der Waals surface area contributed by atoms with Crippen LogP contribution < -0.4 is 4.74 Å². The highest BCUT2D eigenvalue weighted by atomic mass is 19.1. The molecule has 0 aliphatic rings. The first-order valence-corrected chi connectivity index (χ1v) is 16.4. The summed E-state index contributed by atoms with van der Waals surface area (Å²) in [5, 5.41) is 8.97. The smallest absolute Gasteiger partial charge is 0.338 e. The van der Waals surface area contributed by atoms with E-state index in [-0.39, 0.29) is 42.1 Å². The molecule has 0 amide bonds. The van der Waals surface area contributed by atoms with Crippen LogP contribution in [0.25, 0.3) is 22.3 Å². The standard InChI is InChI=1S/C39H38F2N4O7/c1-39(2,15-16-48-3)52-37(46)27-13-14-32-33(19-27)45(22-34(49-4)38(47)50-5)35(43-32)20-25-11-12-26(18-30(25)41)31-7-6-8-36(44-31)51-23-28-10-9-24(21-42)17-29(28)40/h6-14,17-19,34H,15-16,20,22-23H2,1-5H3/p+1. The van der Waals surface area contributed by atoms with Gasteiger partial charge >= 0.3 is 11.9 Å². The van der Waals surface area contributed by atoms with Crippen LogP contribution in [0.15, 0.2) is 72.8 Å². The highest BCUT2D eigenvalue weighted by molar-refractivity contribution is 5.94. The Bertz CT molecular complexity index is 2130. The lowest BCUT2D eigenvalue weighted by Crippen LogP contribution is -2.30. The molecule has 1 atom stereocenters. The summed E-state index contributed by atoms with van der Waals surface area (Å²) in [7, 11) is 4.34. The Morgan fingerprint density at radius 3 is 2.44 bits per heavy atom. The van der Waals surface area contributed by atoms with Gasteiger partial charge in [-0.2, -0.15) is 5.26 Å². The molecule has 0 fully saturated rings. The molecule has 5 aromatic rings. The molecule has 2 aromatic heterocycles. The molecule has 0 bridgehead atoms. The minimum absolute atomic E-state index is 0.0141. The van der Waals surface area contributed by atoms with Crippen LogP contribution in [0.1, 0.15) is 53.1 Å². The van der Waals surface area contributed by atoms with Crippen molar-refractivity contribution in [1.82, 2.24) is 14.5 Å². The summed E-state index contributed by atoms with van der Waals surface area (Å²) in [6.45, 7) is 4.05.